The molecule has 1 aromatic carbocycles. The smallest absolute Gasteiger partial charge is 0.0409 e. The van der Waals surface area contributed by atoms with Crippen molar-refractivity contribution in [2.24, 2.45) is 0 Å². The Bertz CT molecular complexity index is 210. The van der Waals surface area contributed by atoms with Gasteiger partial charge in [0.1, 0.15) is 0 Å². The molecule has 0 aliphatic heterocycles. The molecule has 0 aliphatic rings. The number of aryl methyl sites for hydroxylation is 1. The summed E-state index contributed by atoms with van der Waals surface area (Å²) in [5, 5.41) is 1.75. The average molecular weight is 219 g/mol. The Hall–Kier alpha value is -0.0100. The Morgan fingerprint density at radius 3 is 3.00 bits per heavy atom. The van der Waals surface area contributed by atoms with Crippen molar-refractivity contribution in [3.63, 3.8) is 0 Å². The Kier molecular flexibility index (Phi) is 3.23. The van der Waals surface area contributed by atoms with E-state index in [-0.39, 0.29) is 0 Å². The molecule has 0 amide bonds. The van der Waals surface area contributed by atoms with Crippen molar-refractivity contribution in [1.82, 2.24) is 0 Å². The number of benzene rings is 1. The molecule has 0 bridgehead atoms. The second kappa shape index (κ2) is 3.99. The zero-order valence-electron chi connectivity index (χ0n) is 5.40. The Balaban J connectivity index is 2.75. The molecule has 0 saturated carbocycles. The van der Waals surface area contributed by atoms with Gasteiger partial charge in [0.25, 0.3) is 0 Å². The Morgan fingerprint density at radius 1 is 1.60 bits per heavy atom. The van der Waals surface area contributed by atoms with Crippen molar-refractivity contribution in [2.45, 2.75) is 6.42 Å². The van der Waals surface area contributed by atoms with Crippen LogP contribution in [0.3, 0.4) is 0 Å². The highest BCUT2D eigenvalue weighted by atomic mass is 79.9. The maximum absolute atomic E-state index is 5.75. The molecule has 2 heteroatoms. The normalized spacial score (nSPS) is 9.80. The van der Waals surface area contributed by atoms with Crippen LogP contribution in [-0.2, 0) is 6.42 Å². The largest absolute Gasteiger partial charge is 0.0924 e. The molecule has 0 atom stereocenters. The van der Waals surface area contributed by atoms with Gasteiger partial charge in [-0.3, -0.25) is 0 Å². The van der Waals surface area contributed by atoms with Gasteiger partial charge in [-0.2, -0.15) is 0 Å². The summed E-state index contributed by atoms with van der Waals surface area (Å²) in [6.45, 7) is 0. The summed E-state index contributed by atoms with van der Waals surface area (Å²) < 4.78 is 0. The molecular weight excluding hydrogens is 211 g/mol. The third-order valence-corrected chi connectivity index (χ3v) is 1.82. The van der Waals surface area contributed by atoms with E-state index in [0.29, 0.717) is 0 Å². The highest BCUT2D eigenvalue weighted by Crippen LogP contribution is 2.10. The van der Waals surface area contributed by atoms with Crippen molar-refractivity contribution in [3.05, 3.63) is 34.9 Å². The van der Waals surface area contributed by atoms with Crippen LogP contribution in [0.4, 0.5) is 0 Å². The molecule has 0 saturated heterocycles. The highest BCUT2D eigenvalue weighted by molar-refractivity contribution is 9.09. The van der Waals surface area contributed by atoms with Crippen molar-refractivity contribution < 1.29 is 0 Å². The number of hydrogen-bond acceptors (Lipinski definition) is 0. The molecule has 0 aliphatic carbocycles. The van der Waals surface area contributed by atoms with E-state index in [4.69, 9.17) is 11.6 Å². The predicted molar refractivity (Wildman–Crippen MR) is 47.8 cm³/mol. The first-order valence-corrected chi connectivity index (χ1v) is 4.55. The summed E-state index contributed by atoms with van der Waals surface area (Å²) in [5.41, 5.74) is 1.16. The van der Waals surface area contributed by atoms with E-state index in [2.05, 4.69) is 22.0 Å². The van der Waals surface area contributed by atoms with Crippen molar-refractivity contribution >= 4 is 27.5 Å². The maximum atomic E-state index is 5.75. The fourth-order valence-corrected chi connectivity index (χ4v) is 1.35. The number of rotatable bonds is 2. The van der Waals surface area contributed by atoms with Crippen LogP contribution in [0.5, 0.6) is 0 Å². The standard InChI is InChI=1S/C8H7BrCl/c9-5-4-7-2-1-3-8(10)6-7/h1,3,6H,4-5H2. The monoisotopic (exact) mass is 217 g/mol. The van der Waals surface area contributed by atoms with Crippen LogP contribution in [0.2, 0.25) is 5.02 Å². The van der Waals surface area contributed by atoms with E-state index >= 15 is 0 Å². The van der Waals surface area contributed by atoms with Gasteiger partial charge in [0.05, 0.1) is 0 Å². The number of hydrogen-bond donors (Lipinski definition) is 0. The molecule has 0 heterocycles. The van der Waals surface area contributed by atoms with Gasteiger partial charge >= 0.3 is 0 Å². The summed E-state index contributed by atoms with van der Waals surface area (Å²) in [6, 6.07) is 8.71. The fraction of sp³-hybridized carbons (Fsp3) is 0.250. The van der Waals surface area contributed by atoms with Gasteiger partial charge in [0, 0.05) is 10.4 Å². The van der Waals surface area contributed by atoms with Crippen LogP contribution in [0.15, 0.2) is 18.2 Å². The first-order chi connectivity index (χ1) is 4.83. The van der Waals surface area contributed by atoms with Crippen molar-refractivity contribution in [3.8, 4) is 0 Å². The lowest BCUT2D eigenvalue weighted by Gasteiger charge is -1.95. The molecule has 1 rings (SSSR count). The van der Waals surface area contributed by atoms with Gasteiger partial charge in [-0.1, -0.05) is 33.6 Å². The zero-order chi connectivity index (χ0) is 7.40. The molecule has 53 valence electrons. The van der Waals surface area contributed by atoms with Crippen LogP contribution in [0, 0.1) is 6.07 Å². The van der Waals surface area contributed by atoms with Crippen LogP contribution >= 0.6 is 27.5 Å². The van der Waals surface area contributed by atoms with Crippen LogP contribution in [-0.4, -0.2) is 5.33 Å². The first-order valence-electron chi connectivity index (χ1n) is 3.05. The number of halogens is 2. The molecule has 0 unspecified atom stereocenters. The van der Waals surface area contributed by atoms with Gasteiger partial charge in [-0.15, -0.1) is 0 Å². The summed E-state index contributed by atoms with van der Waals surface area (Å²) in [5.74, 6) is 0. The topological polar surface area (TPSA) is 0 Å². The van der Waals surface area contributed by atoms with Crippen LogP contribution in [0.25, 0.3) is 0 Å². The van der Waals surface area contributed by atoms with Gasteiger partial charge in [0.2, 0.25) is 0 Å². The summed E-state index contributed by atoms with van der Waals surface area (Å²) >= 11 is 9.09. The molecule has 0 N–H and O–H groups in total. The van der Waals surface area contributed by atoms with E-state index < -0.39 is 0 Å². The van der Waals surface area contributed by atoms with Gasteiger partial charge < -0.3 is 0 Å². The Labute approximate surface area is 74.3 Å². The zero-order valence-corrected chi connectivity index (χ0v) is 7.74. The Morgan fingerprint density at radius 2 is 2.40 bits per heavy atom. The van der Waals surface area contributed by atoms with Crippen LogP contribution in [0.1, 0.15) is 5.56 Å². The predicted octanol–water partition coefficient (Wildman–Crippen LogP) is 3.08. The fourth-order valence-electron chi connectivity index (χ4n) is 0.731. The van der Waals surface area contributed by atoms with Crippen LogP contribution < -0.4 is 0 Å². The number of alkyl halides is 1. The molecule has 0 spiro atoms. The highest BCUT2D eigenvalue weighted by Gasteiger charge is 1.91. The van der Waals surface area contributed by atoms with Gasteiger partial charge in [0.15, 0.2) is 0 Å². The minimum Gasteiger partial charge on any atom is -0.0924 e. The molecule has 0 fully saturated rings. The SMILES string of the molecule is Clc1cc[c]c(CCBr)c1. The molecule has 0 nitrogen and oxygen atoms in total. The van der Waals surface area contributed by atoms with Crippen molar-refractivity contribution in [2.75, 3.05) is 5.33 Å². The lowest BCUT2D eigenvalue weighted by Crippen LogP contribution is -1.84. The van der Waals surface area contributed by atoms with Gasteiger partial charge in [-0.05, 0) is 30.2 Å². The second-order valence-corrected chi connectivity index (χ2v) is 3.20. The molecule has 1 radical (unpaired) electrons. The maximum Gasteiger partial charge on any atom is 0.0409 e. The van der Waals surface area contributed by atoms with Gasteiger partial charge in [-0.25, -0.2) is 0 Å². The van der Waals surface area contributed by atoms with E-state index in [1.807, 2.05) is 18.2 Å². The quantitative estimate of drug-likeness (QED) is 0.669. The molecule has 1 aromatic rings. The third-order valence-electron chi connectivity index (χ3n) is 1.19. The molecule has 0 aromatic heterocycles. The van der Waals surface area contributed by atoms with E-state index in [9.17, 15) is 0 Å². The lowest BCUT2D eigenvalue weighted by atomic mass is 10.2. The first kappa shape index (κ1) is 8.09. The van der Waals surface area contributed by atoms with E-state index in [1.165, 1.54) is 0 Å². The average Bonchev–Trinajstić information content (AvgIpc) is 1.88. The minimum atomic E-state index is 0.787. The molecular formula is C8H7BrCl. The third kappa shape index (κ3) is 2.31. The summed E-state index contributed by atoms with van der Waals surface area (Å²) in [6.07, 6.45) is 0.987. The minimum absolute atomic E-state index is 0.787. The van der Waals surface area contributed by atoms with Crippen molar-refractivity contribution in [1.29, 1.82) is 0 Å². The summed E-state index contributed by atoms with van der Waals surface area (Å²) in [4.78, 5) is 0. The summed E-state index contributed by atoms with van der Waals surface area (Å²) in [7, 11) is 0. The molecule has 10 heavy (non-hydrogen) atoms. The lowest BCUT2D eigenvalue weighted by molar-refractivity contribution is 1.16. The second-order valence-electron chi connectivity index (χ2n) is 1.97. The van der Waals surface area contributed by atoms with E-state index in [1.54, 1.807) is 0 Å². The van der Waals surface area contributed by atoms with E-state index in [0.717, 1.165) is 22.3 Å².